The average Bonchev–Trinajstić information content (AvgIpc) is 3.30. The van der Waals surface area contributed by atoms with Crippen LogP contribution in [-0.4, -0.2) is 30.9 Å². The first-order valence-electron chi connectivity index (χ1n) is 12.3. The maximum Gasteiger partial charge on any atom is 0.416 e. The molecule has 0 aromatic heterocycles. The van der Waals surface area contributed by atoms with Crippen LogP contribution in [0.5, 0.6) is 0 Å². The maximum atomic E-state index is 13.0. The van der Waals surface area contributed by atoms with Crippen LogP contribution >= 0.6 is 0 Å². The number of carbonyl (C=O) groups is 2. The Morgan fingerprint density at radius 1 is 1.02 bits per heavy atom. The van der Waals surface area contributed by atoms with Crippen LogP contribution in [-0.2, 0) is 38.1 Å². The van der Waals surface area contributed by atoms with E-state index in [1.807, 2.05) is 0 Å². The van der Waals surface area contributed by atoms with Crippen molar-refractivity contribution in [3.63, 3.8) is 0 Å². The quantitative estimate of drug-likeness (QED) is 0.188. The summed E-state index contributed by atoms with van der Waals surface area (Å²) >= 11 is 0. The number of fused-ring (bicyclic) bond motifs is 1. The van der Waals surface area contributed by atoms with Crippen molar-refractivity contribution >= 4 is 12.0 Å². The van der Waals surface area contributed by atoms with Crippen LogP contribution in [0.15, 0.2) is 64.6 Å². The van der Waals surface area contributed by atoms with Crippen molar-refractivity contribution in [2.75, 3.05) is 6.61 Å². The summed E-state index contributed by atoms with van der Waals surface area (Å²) in [6, 6.07) is 0.459. The van der Waals surface area contributed by atoms with Crippen LogP contribution in [0.4, 0.5) is 31.1 Å². The van der Waals surface area contributed by atoms with Crippen molar-refractivity contribution in [2.24, 2.45) is 0 Å². The van der Waals surface area contributed by atoms with E-state index in [-0.39, 0.29) is 6.07 Å². The molecule has 0 spiro atoms. The zero-order valence-electron chi connectivity index (χ0n) is 20.9. The van der Waals surface area contributed by atoms with E-state index in [0.717, 1.165) is 18.4 Å². The van der Waals surface area contributed by atoms with Gasteiger partial charge in [0.05, 0.1) is 17.2 Å². The molecule has 1 aromatic carbocycles. The highest BCUT2D eigenvalue weighted by molar-refractivity contribution is 5.87. The van der Waals surface area contributed by atoms with E-state index in [2.05, 4.69) is 22.3 Å². The molecule has 1 saturated heterocycles. The summed E-state index contributed by atoms with van der Waals surface area (Å²) in [7, 11) is 0. The molecule has 2 N–H and O–H groups in total. The average molecular weight is 570 g/mol. The van der Waals surface area contributed by atoms with Crippen molar-refractivity contribution in [3.05, 3.63) is 81.3 Å². The third-order valence-electron chi connectivity index (χ3n) is 6.22. The summed E-state index contributed by atoms with van der Waals surface area (Å²) in [5.74, 6) is -0.492. The zero-order valence-corrected chi connectivity index (χ0v) is 20.9. The molecule has 214 valence electrons. The summed E-state index contributed by atoms with van der Waals surface area (Å²) in [6.07, 6.45) is -3.40. The number of alkyl carbamates (subject to hydrolysis) is 1. The minimum Gasteiger partial charge on any atom is -0.445 e. The van der Waals surface area contributed by atoms with Crippen LogP contribution in [0.2, 0.25) is 0 Å². The summed E-state index contributed by atoms with van der Waals surface area (Å²) in [5.41, 5.74) is 6.62. The van der Waals surface area contributed by atoms with Gasteiger partial charge in [-0.15, -0.1) is 0 Å². The number of ether oxygens (including phenoxy) is 2. The van der Waals surface area contributed by atoms with Crippen molar-refractivity contribution < 1.29 is 50.2 Å². The molecule has 3 aliphatic rings. The Labute approximate surface area is 224 Å². The van der Waals surface area contributed by atoms with Gasteiger partial charge >= 0.3 is 18.4 Å². The molecule has 1 aromatic rings. The first-order valence-corrected chi connectivity index (χ1v) is 12.3. The number of nitrogens with one attached hydrogen (secondary N) is 2. The zero-order chi connectivity index (χ0) is 28.9. The van der Waals surface area contributed by atoms with Gasteiger partial charge in [0.25, 0.3) is 5.91 Å². The highest BCUT2D eigenvalue weighted by Crippen LogP contribution is 2.37. The lowest BCUT2D eigenvalue weighted by Gasteiger charge is -2.21. The Bertz CT molecular complexity index is 1280. The number of hydroxylamine groups is 1. The summed E-state index contributed by atoms with van der Waals surface area (Å²) in [6.45, 7) is -0.223. The molecule has 2 amide bonds. The second-order valence-corrected chi connectivity index (χ2v) is 9.23. The lowest BCUT2D eigenvalue weighted by atomic mass is 10.0. The molecular weight excluding hydrogens is 546 g/mol. The second-order valence-electron chi connectivity index (χ2n) is 9.23. The Balaban J connectivity index is 1.34. The van der Waals surface area contributed by atoms with Crippen LogP contribution < -0.4 is 10.8 Å². The number of halogens is 6. The van der Waals surface area contributed by atoms with Crippen molar-refractivity contribution in [1.29, 1.82) is 0 Å². The fraction of sp³-hybridized carbons (Fsp3) is 0.407. The van der Waals surface area contributed by atoms with Gasteiger partial charge in [-0.05, 0) is 67.2 Å². The van der Waals surface area contributed by atoms with E-state index in [9.17, 15) is 35.9 Å². The Morgan fingerprint density at radius 3 is 2.40 bits per heavy atom. The Kier molecular flexibility index (Phi) is 8.90. The van der Waals surface area contributed by atoms with Crippen molar-refractivity contribution in [3.8, 4) is 0 Å². The molecule has 1 aliphatic heterocycles. The number of carbonyl (C=O) groups excluding carboxylic acids is 2. The van der Waals surface area contributed by atoms with E-state index in [1.165, 1.54) is 12.2 Å². The van der Waals surface area contributed by atoms with Gasteiger partial charge in [0.15, 0.2) is 6.29 Å². The van der Waals surface area contributed by atoms with Gasteiger partial charge < -0.3 is 14.8 Å². The van der Waals surface area contributed by atoms with Gasteiger partial charge in [-0.25, -0.2) is 15.1 Å². The Morgan fingerprint density at radius 2 is 1.75 bits per heavy atom. The first kappa shape index (κ1) is 29.2. The number of amides is 2. The highest BCUT2D eigenvalue weighted by atomic mass is 19.4. The fourth-order valence-corrected chi connectivity index (χ4v) is 4.28. The summed E-state index contributed by atoms with van der Waals surface area (Å²) < 4.78 is 88.5. The molecule has 4 rings (SSSR count). The number of allylic oxidation sites excluding steroid dienone is 3. The lowest BCUT2D eigenvalue weighted by Crippen LogP contribution is -2.34. The van der Waals surface area contributed by atoms with Gasteiger partial charge in [0.1, 0.15) is 6.61 Å². The first-order chi connectivity index (χ1) is 18.9. The monoisotopic (exact) mass is 570 g/mol. The van der Waals surface area contributed by atoms with Crippen molar-refractivity contribution in [2.45, 2.75) is 63.4 Å². The minimum atomic E-state index is -5.01. The molecule has 2 unspecified atom stereocenters. The summed E-state index contributed by atoms with van der Waals surface area (Å²) in [5, 5.41) is 2.55. The lowest BCUT2D eigenvalue weighted by molar-refractivity contribution is -0.198. The molecule has 0 bridgehead atoms. The number of alkyl halides is 6. The number of benzene rings is 1. The molecule has 2 atom stereocenters. The number of rotatable bonds is 7. The Hall–Kier alpha value is -3.76. The highest BCUT2D eigenvalue weighted by Gasteiger charge is 2.37. The SMILES string of the molecule is O=C(/C=C/C1=C=C=C2C(=C1)CCC2NC(=O)OCc1cc(C(F)(F)F)cc(C(F)(F)F)c1)NOC1CCCCO1. The minimum absolute atomic E-state index is 0.00147. The smallest absolute Gasteiger partial charge is 0.416 e. The molecule has 1 heterocycles. The van der Waals surface area contributed by atoms with E-state index in [4.69, 9.17) is 14.3 Å². The molecule has 2 fully saturated rings. The molecule has 13 heteroatoms. The van der Waals surface area contributed by atoms with Crippen LogP contribution in [0.25, 0.3) is 0 Å². The van der Waals surface area contributed by atoms with Gasteiger partial charge in [0, 0.05) is 30.2 Å². The molecule has 40 heavy (non-hydrogen) atoms. The largest absolute Gasteiger partial charge is 0.445 e. The summed E-state index contributed by atoms with van der Waals surface area (Å²) in [4.78, 5) is 29.5. The maximum absolute atomic E-state index is 13.0. The van der Waals surface area contributed by atoms with Crippen molar-refractivity contribution in [1.82, 2.24) is 10.8 Å². The normalized spacial score (nSPS) is 20.9. The van der Waals surface area contributed by atoms with Gasteiger partial charge in [-0.2, -0.15) is 26.3 Å². The third kappa shape index (κ3) is 7.89. The predicted molar refractivity (Wildman–Crippen MR) is 127 cm³/mol. The topological polar surface area (TPSA) is 85.9 Å². The predicted octanol–water partition coefficient (Wildman–Crippen LogP) is 5.79. The standard InChI is InChI=1S/C27H24F6N2O5/c28-26(29,30)19-12-17(13-20(14-19)27(31,32)33)15-39-25(37)34-22-8-6-18-11-16(4-7-21(18)22)5-9-23(36)35-40-24-3-1-2-10-38-24/h5,9,11-14,22,24H,1-3,6,8,10,15H2,(H,34,37)(H,35,36)/b9-5+. The number of hydrogen-bond donors (Lipinski definition) is 2. The van der Waals surface area contributed by atoms with E-state index in [0.29, 0.717) is 49.1 Å². The van der Waals surface area contributed by atoms with Gasteiger partial charge in [-0.1, -0.05) is 11.5 Å². The molecule has 1 saturated carbocycles. The van der Waals surface area contributed by atoms with E-state index >= 15 is 0 Å². The fourth-order valence-electron chi connectivity index (χ4n) is 4.28. The molecule has 2 aliphatic carbocycles. The second kappa shape index (κ2) is 12.2. The number of hydrogen-bond acceptors (Lipinski definition) is 5. The van der Waals surface area contributed by atoms with Crippen LogP contribution in [0.3, 0.4) is 0 Å². The van der Waals surface area contributed by atoms with Gasteiger partial charge in [-0.3, -0.25) is 4.79 Å². The third-order valence-corrected chi connectivity index (χ3v) is 6.22. The molecule has 7 nitrogen and oxygen atoms in total. The van der Waals surface area contributed by atoms with Crippen LogP contribution in [0.1, 0.15) is 48.8 Å². The van der Waals surface area contributed by atoms with E-state index < -0.39 is 60.0 Å². The molecule has 0 radical (unpaired) electrons. The van der Waals surface area contributed by atoms with Gasteiger partial charge in [0.2, 0.25) is 0 Å². The molecular formula is C27H24F6N2O5. The van der Waals surface area contributed by atoms with Crippen LogP contribution in [0, 0.1) is 0 Å². The van der Waals surface area contributed by atoms with E-state index in [1.54, 1.807) is 6.08 Å².